The van der Waals surface area contributed by atoms with E-state index in [2.05, 4.69) is 10.2 Å². The lowest BCUT2D eigenvalue weighted by Crippen LogP contribution is -2.35. The van der Waals surface area contributed by atoms with E-state index in [9.17, 15) is 4.79 Å². The number of methoxy groups -OCH3 is 1. The Morgan fingerprint density at radius 2 is 2.42 bits per heavy atom. The molecule has 0 spiro atoms. The van der Waals surface area contributed by atoms with Crippen LogP contribution in [0, 0.1) is 0 Å². The normalized spacial score (nSPS) is 15.5. The minimum Gasteiger partial charge on any atom is -0.395 e. The fourth-order valence-corrected chi connectivity index (χ4v) is 2.18. The highest BCUT2D eigenvalue weighted by molar-refractivity contribution is 5.97. The van der Waals surface area contributed by atoms with Crippen LogP contribution in [-0.2, 0) is 11.2 Å². The van der Waals surface area contributed by atoms with E-state index in [1.54, 1.807) is 12.0 Å². The Kier molecular flexibility index (Phi) is 4.21. The van der Waals surface area contributed by atoms with E-state index in [0.29, 0.717) is 31.1 Å². The number of nitrogen functional groups attached to an aromatic ring is 1. The van der Waals surface area contributed by atoms with Crippen molar-refractivity contribution in [2.45, 2.75) is 19.8 Å². The first-order valence-electron chi connectivity index (χ1n) is 6.46. The summed E-state index contributed by atoms with van der Waals surface area (Å²) in [6.45, 7) is 3.87. The van der Waals surface area contributed by atoms with Crippen molar-refractivity contribution in [2.75, 3.05) is 32.5 Å². The maximum absolute atomic E-state index is 12.3. The zero-order valence-corrected chi connectivity index (χ0v) is 11.4. The van der Waals surface area contributed by atoms with Crippen LogP contribution in [-0.4, -0.2) is 47.8 Å². The summed E-state index contributed by atoms with van der Waals surface area (Å²) in [5.41, 5.74) is 8.77. The number of hydrogen-bond acceptors (Lipinski definition) is 4. The van der Waals surface area contributed by atoms with Crippen molar-refractivity contribution >= 4 is 11.6 Å². The molecule has 2 heterocycles. The predicted molar refractivity (Wildman–Crippen MR) is 72.9 cm³/mol. The predicted octanol–water partition coefficient (Wildman–Crippen LogP) is 0.973. The van der Waals surface area contributed by atoms with Crippen LogP contribution in [0.1, 0.15) is 29.5 Å². The largest absolute Gasteiger partial charge is 0.395 e. The molecule has 0 aromatic carbocycles. The molecule has 0 fully saturated rings. The molecule has 1 aliphatic rings. The summed E-state index contributed by atoms with van der Waals surface area (Å²) in [5, 5.41) is 6.85. The number of aromatic nitrogens is 2. The topological polar surface area (TPSA) is 84.2 Å². The third-order valence-corrected chi connectivity index (χ3v) is 3.36. The Morgan fingerprint density at radius 3 is 2.95 bits per heavy atom. The number of anilines is 1. The minimum atomic E-state index is -0.110. The number of hydrogen-bond donors (Lipinski definition) is 2. The van der Waals surface area contributed by atoms with E-state index in [-0.39, 0.29) is 5.91 Å². The first-order valence-corrected chi connectivity index (χ1v) is 6.46. The lowest BCUT2D eigenvalue weighted by atomic mass is 10.1. The summed E-state index contributed by atoms with van der Waals surface area (Å²) < 4.78 is 5.09. The lowest BCUT2D eigenvalue weighted by Gasteiger charge is -2.25. The van der Waals surface area contributed by atoms with Crippen LogP contribution in [0.15, 0.2) is 11.6 Å². The summed E-state index contributed by atoms with van der Waals surface area (Å²) in [7, 11) is 1.68. The van der Waals surface area contributed by atoms with E-state index < -0.39 is 0 Å². The van der Waals surface area contributed by atoms with Crippen molar-refractivity contribution in [1.29, 1.82) is 0 Å². The van der Waals surface area contributed by atoms with Crippen molar-refractivity contribution in [1.82, 2.24) is 15.1 Å². The average molecular weight is 264 g/mol. The summed E-state index contributed by atoms with van der Waals surface area (Å²) in [4.78, 5) is 14.1. The van der Waals surface area contributed by atoms with Crippen LogP contribution in [0.4, 0.5) is 5.69 Å². The lowest BCUT2D eigenvalue weighted by molar-refractivity contribution is 0.0760. The molecule has 6 heteroatoms. The zero-order chi connectivity index (χ0) is 13.8. The van der Waals surface area contributed by atoms with Crippen LogP contribution >= 0.6 is 0 Å². The van der Waals surface area contributed by atoms with Gasteiger partial charge in [-0.2, -0.15) is 5.10 Å². The fraction of sp³-hybridized carbons (Fsp3) is 0.538. The number of carbonyl (C=O) groups excluding carboxylic acids is 1. The number of nitrogens with zero attached hydrogens (tertiary/aromatic N) is 2. The summed E-state index contributed by atoms with van der Waals surface area (Å²) in [6, 6.07) is 0. The number of H-pyrrole nitrogens is 1. The van der Waals surface area contributed by atoms with Gasteiger partial charge in [-0.05, 0) is 18.4 Å². The molecule has 0 saturated heterocycles. The van der Waals surface area contributed by atoms with E-state index in [1.807, 2.05) is 13.0 Å². The van der Waals surface area contributed by atoms with E-state index in [0.717, 1.165) is 18.5 Å². The van der Waals surface area contributed by atoms with Crippen LogP contribution in [0.2, 0.25) is 0 Å². The van der Waals surface area contributed by atoms with Gasteiger partial charge in [-0.1, -0.05) is 13.0 Å². The number of nitrogens with two attached hydrogens (primary N) is 1. The molecule has 0 aliphatic carbocycles. The summed E-state index contributed by atoms with van der Waals surface area (Å²) in [6.07, 6.45) is 3.61. The van der Waals surface area contributed by atoms with Gasteiger partial charge in [-0.25, -0.2) is 0 Å². The van der Waals surface area contributed by atoms with Crippen LogP contribution in [0.25, 0.3) is 0 Å². The Bertz CT molecular complexity index is 493. The van der Waals surface area contributed by atoms with E-state index in [4.69, 9.17) is 10.5 Å². The number of aromatic amines is 1. The van der Waals surface area contributed by atoms with Gasteiger partial charge in [0.15, 0.2) is 5.69 Å². The van der Waals surface area contributed by atoms with Gasteiger partial charge in [-0.3, -0.25) is 9.89 Å². The van der Waals surface area contributed by atoms with Gasteiger partial charge < -0.3 is 15.4 Å². The minimum absolute atomic E-state index is 0.110. The van der Waals surface area contributed by atoms with Gasteiger partial charge in [0.05, 0.1) is 18.0 Å². The van der Waals surface area contributed by atoms with Crippen LogP contribution < -0.4 is 5.73 Å². The maximum atomic E-state index is 12.3. The number of ether oxygens (including phenoxy) is 1. The molecule has 1 amide bonds. The molecule has 0 bridgehead atoms. The Balaban J connectivity index is 2.07. The molecule has 2 rings (SSSR count). The molecular formula is C13H20N4O2. The molecule has 104 valence electrons. The van der Waals surface area contributed by atoms with E-state index >= 15 is 0 Å². The Morgan fingerprint density at radius 1 is 1.63 bits per heavy atom. The molecule has 1 aromatic heterocycles. The van der Waals surface area contributed by atoms with Crippen molar-refractivity contribution in [3.63, 3.8) is 0 Å². The second kappa shape index (κ2) is 5.88. The monoisotopic (exact) mass is 264 g/mol. The second-order valence-electron chi connectivity index (χ2n) is 4.61. The van der Waals surface area contributed by atoms with Gasteiger partial charge in [0.1, 0.15) is 0 Å². The fourth-order valence-electron chi connectivity index (χ4n) is 2.18. The molecule has 6 nitrogen and oxygen atoms in total. The molecule has 0 atom stereocenters. The zero-order valence-electron chi connectivity index (χ0n) is 11.4. The number of amides is 1. The van der Waals surface area contributed by atoms with Gasteiger partial charge in [0.2, 0.25) is 0 Å². The van der Waals surface area contributed by atoms with Gasteiger partial charge >= 0.3 is 0 Å². The quantitative estimate of drug-likeness (QED) is 0.794. The number of carbonyl (C=O) groups is 1. The first-order chi connectivity index (χ1) is 9.17. The highest BCUT2D eigenvalue weighted by atomic mass is 16.5. The number of aryl methyl sites for hydroxylation is 1. The highest BCUT2D eigenvalue weighted by Crippen LogP contribution is 2.19. The maximum Gasteiger partial charge on any atom is 0.276 e. The first kappa shape index (κ1) is 13.6. The number of nitrogens with one attached hydrogen (secondary N) is 1. The molecule has 0 radical (unpaired) electrons. The Labute approximate surface area is 112 Å². The molecule has 0 saturated carbocycles. The van der Waals surface area contributed by atoms with E-state index in [1.165, 1.54) is 5.57 Å². The van der Waals surface area contributed by atoms with Crippen LogP contribution in [0.3, 0.4) is 0 Å². The molecule has 0 unspecified atom stereocenters. The molecular weight excluding hydrogens is 244 g/mol. The third-order valence-electron chi connectivity index (χ3n) is 3.36. The van der Waals surface area contributed by atoms with Crippen molar-refractivity contribution in [2.24, 2.45) is 0 Å². The summed E-state index contributed by atoms with van der Waals surface area (Å²) in [5.74, 6) is -0.110. The molecule has 3 N–H and O–H groups in total. The van der Waals surface area contributed by atoms with Crippen molar-refractivity contribution in [3.05, 3.63) is 23.0 Å². The summed E-state index contributed by atoms with van der Waals surface area (Å²) >= 11 is 0. The number of rotatable bonds is 4. The smallest absolute Gasteiger partial charge is 0.276 e. The Hall–Kier alpha value is -1.82. The van der Waals surface area contributed by atoms with Crippen molar-refractivity contribution < 1.29 is 9.53 Å². The third kappa shape index (κ3) is 2.78. The average Bonchev–Trinajstić information content (AvgIpc) is 2.80. The van der Waals surface area contributed by atoms with Crippen LogP contribution in [0.5, 0.6) is 0 Å². The molecule has 1 aliphatic heterocycles. The highest BCUT2D eigenvalue weighted by Gasteiger charge is 2.23. The van der Waals surface area contributed by atoms with Gasteiger partial charge in [0, 0.05) is 20.2 Å². The standard InChI is InChI=1S/C13H20N4O2/c1-3-10-11(14)12(16-15-10)13(18)17-6-4-9(5-7-17)8-19-2/h4H,3,5-8,14H2,1-2H3,(H,15,16). The second-order valence-corrected chi connectivity index (χ2v) is 4.61. The molecule has 19 heavy (non-hydrogen) atoms. The van der Waals surface area contributed by atoms with Crippen molar-refractivity contribution in [3.8, 4) is 0 Å². The molecule has 1 aromatic rings. The van der Waals surface area contributed by atoms with Gasteiger partial charge in [0.25, 0.3) is 5.91 Å². The van der Waals surface area contributed by atoms with Gasteiger partial charge in [-0.15, -0.1) is 0 Å². The SMILES string of the molecule is CCc1[nH]nc(C(=O)N2CC=C(COC)CC2)c1N.